The van der Waals surface area contributed by atoms with Gasteiger partial charge >= 0.3 is 0 Å². The molecule has 1 aromatic carbocycles. The van der Waals surface area contributed by atoms with Gasteiger partial charge in [0.25, 0.3) is 0 Å². The van der Waals surface area contributed by atoms with Crippen molar-refractivity contribution in [2.75, 3.05) is 7.11 Å². The van der Waals surface area contributed by atoms with E-state index < -0.39 is 0 Å². The lowest BCUT2D eigenvalue weighted by molar-refractivity contribution is -0.689. The molecule has 7 heteroatoms. The van der Waals surface area contributed by atoms with Crippen molar-refractivity contribution in [3.8, 4) is 17.9 Å². The second-order valence-corrected chi connectivity index (χ2v) is 9.04. The third-order valence-corrected chi connectivity index (χ3v) is 5.47. The van der Waals surface area contributed by atoms with Crippen LogP contribution in [-0.2, 0) is 31.6 Å². The maximum absolute atomic E-state index is 8.84. The van der Waals surface area contributed by atoms with Crippen LogP contribution in [0.3, 0.4) is 0 Å². The normalized spacial score (nSPS) is 11.2. The minimum Gasteiger partial charge on any atom is -0.496 e. The Morgan fingerprint density at radius 3 is 1.72 bits per heavy atom. The Labute approximate surface area is 190 Å². The fraction of sp³-hybridized carbons (Fsp3) is 0.440. The van der Waals surface area contributed by atoms with Crippen molar-refractivity contribution in [2.45, 2.75) is 65.2 Å². The van der Waals surface area contributed by atoms with E-state index in [4.69, 9.17) is 15.3 Å². The van der Waals surface area contributed by atoms with Crippen molar-refractivity contribution in [3.63, 3.8) is 0 Å². The van der Waals surface area contributed by atoms with Gasteiger partial charge in [-0.1, -0.05) is 20.8 Å². The molecule has 0 spiro atoms. The van der Waals surface area contributed by atoms with Crippen LogP contribution >= 0.6 is 0 Å². The topological polar surface area (TPSA) is 74.4 Å². The molecular weight excluding hydrogens is 400 g/mol. The lowest BCUT2D eigenvalue weighted by Gasteiger charge is -2.23. The summed E-state index contributed by atoms with van der Waals surface area (Å²) in [6, 6.07) is 8.86. The van der Waals surface area contributed by atoms with Gasteiger partial charge in [0.2, 0.25) is 12.7 Å². The van der Waals surface area contributed by atoms with Crippen LogP contribution in [0.4, 0.5) is 0 Å². The molecule has 7 nitrogen and oxygen atoms in total. The zero-order chi connectivity index (χ0) is 23.1. The molecule has 32 heavy (non-hydrogen) atoms. The summed E-state index contributed by atoms with van der Waals surface area (Å²) >= 11 is 0. The maximum atomic E-state index is 8.84. The Bertz CT molecular complexity index is 1060. The molecule has 0 saturated heterocycles. The Morgan fingerprint density at radius 2 is 1.34 bits per heavy atom. The minimum absolute atomic E-state index is 0.00254. The van der Waals surface area contributed by atoms with Crippen LogP contribution in [0.25, 0.3) is 0 Å². The summed E-state index contributed by atoms with van der Waals surface area (Å²) in [5, 5.41) is 17.7. The lowest BCUT2D eigenvalue weighted by atomic mass is 9.84. The molecule has 0 radical (unpaired) electrons. The first-order valence-corrected chi connectivity index (χ1v) is 10.9. The van der Waals surface area contributed by atoms with Gasteiger partial charge < -0.3 is 4.74 Å². The van der Waals surface area contributed by atoms with Gasteiger partial charge in [-0.05, 0) is 23.1 Å². The molecular formula is C25H32N6O+2. The number of methoxy groups -OCH3 is 1. The van der Waals surface area contributed by atoms with E-state index in [0.29, 0.717) is 39.0 Å². The van der Waals surface area contributed by atoms with Crippen molar-refractivity contribution in [1.82, 2.24) is 9.13 Å². The van der Waals surface area contributed by atoms with E-state index in [1.807, 2.05) is 46.6 Å². The fourth-order valence-corrected chi connectivity index (χ4v) is 3.77. The van der Waals surface area contributed by atoms with E-state index in [2.05, 4.69) is 54.2 Å². The van der Waals surface area contributed by atoms with Gasteiger partial charge in [0.15, 0.2) is 0 Å². The number of aromatic nitrogens is 4. The molecule has 3 rings (SSSR count). The molecule has 166 valence electrons. The van der Waals surface area contributed by atoms with Crippen LogP contribution in [0.5, 0.6) is 5.75 Å². The van der Waals surface area contributed by atoms with E-state index in [9.17, 15) is 0 Å². The molecule has 0 unspecified atom stereocenters. The second-order valence-electron chi connectivity index (χ2n) is 9.04. The molecule has 0 atom stereocenters. The average molecular weight is 433 g/mol. The molecule has 0 aliphatic carbocycles. The van der Waals surface area contributed by atoms with E-state index in [0.717, 1.165) is 16.9 Å². The first-order valence-electron chi connectivity index (χ1n) is 10.9. The van der Waals surface area contributed by atoms with Gasteiger partial charge in [-0.3, -0.25) is 0 Å². The zero-order valence-electron chi connectivity index (χ0n) is 19.5. The van der Waals surface area contributed by atoms with Crippen molar-refractivity contribution >= 4 is 0 Å². The first-order chi connectivity index (χ1) is 15.3. The second kappa shape index (κ2) is 10.2. The van der Waals surface area contributed by atoms with Gasteiger partial charge in [-0.2, -0.15) is 10.5 Å². The molecule has 0 saturated carbocycles. The third-order valence-electron chi connectivity index (χ3n) is 5.47. The number of hydrogen-bond acceptors (Lipinski definition) is 3. The number of rotatable bonds is 9. The highest BCUT2D eigenvalue weighted by Crippen LogP contribution is 2.32. The van der Waals surface area contributed by atoms with Crippen LogP contribution in [-0.4, -0.2) is 16.2 Å². The number of benzene rings is 1. The Hall–Kier alpha value is -3.58. The Morgan fingerprint density at radius 1 is 0.875 bits per heavy atom. The van der Waals surface area contributed by atoms with Crippen molar-refractivity contribution in [3.05, 3.63) is 66.3 Å². The summed E-state index contributed by atoms with van der Waals surface area (Å²) in [5.74, 6) is 0.896. The molecule has 0 aliphatic heterocycles. The molecule has 0 N–H and O–H groups in total. The van der Waals surface area contributed by atoms with Gasteiger partial charge in [-0.25, -0.2) is 18.3 Å². The highest BCUT2D eigenvalue weighted by Gasteiger charge is 2.22. The number of aryl methyl sites for hydroxylation is 2. The monoisotopic (exact) mass is 432 g/mol. The zero-order valence-corrected chi connectivity index (χ0v) is 19.5. The molecule has 3 aromatic rings. The van der Waals surface area contributed by atoms with Crippen LogP contribution < -0.4 is 13.9 Å². The van der Waals surface area contributed by atoms with Gasteiger partial charge in [0.1, 0.15) is 56.7 Å². The molecule has 0 amide bonds. The summed E-state index contributed by atoms with van der Waals surface area (Å²) in [7, 11) is 1.73. The third kappa shape index (κ3) is 5.76. The predicted octanol–water partition coefficient (Wildman–Crippen LogP) is 3.09. The number of ether oxygens (including phenoxy) is 1. The van der Waals surface area contributed by atoms with Crippen molar-refractivity contribution < 1.29 is 13.9 Å². The summed E-state index contributed by atoms with van der Waals surface area (Å²) in [4.78, 5) is 0. The maximum Gasteiger partial charge on any atom is 0.244 e. The largest absolute Gasteiger partial charge is 0.496 e. The highest BCUT2D eigenvalue weighted by atomic mass is 16.5. The lowest BCUT2D eigenvalue weighted by Crippen LogP contribution is -2.34. The molecule has 0 aliphatic rings. The summed E-state index contributed by atoms with van der Waals surface area (Å²) < 4.78 is 14.2. The van der Waals surface area contributed by atoms with Crippen molar-refractivity contribution in [2.24, 2.45) is 0 Å². The van der Waals surface area contributed by atoms with Gasteiger partial charge in [-0.15, -0.1) is 0 Å². The highest BCUT2D eigenvalue weighted by molar-refractivity contribution is 5.46. The Balaban J connectivity index is 1.94. The van der Waals surface area contributed by atoms with E-state index in [-0.39, 0.29) is 5.41 Å². The predicted molar refractivity (Wildman–Crippen MR) is 120 cm³/mol. The van der Waals surface area contributed by atoms with E-state index >= 15 is 0 Å². The number of nitrogens with zero attached hydrogens (tertiary/aromatic N) is 6. The van der Waals surface area contributed by atoms with E-state index in [1.54, 1.807) is 7.11 Å². The summed E-state index contributed by atoms with van der Waals surface area (Å²) in [6.07, 6.45) is 13.1. The molecule has 2 aromatic heterocycles. The van der Waals surface area contributed by atoms with Crippen LogP contribution in [0, 0.1) is 22.7 Å². The number of imidazole rings is 2. The van der Waals surface area contributed by atoms with Gasteiger partial charge in [0, 0.05) is 11.1 Å². The van der Waals surface area contributed by atoms with Crippen molar-refractivity contribution in [1.29, 1.82) is 10.5 Å². The smallest absolute Gasteiger partial charge is 0.244 e. The molecule has 0 fully saturated rings. The molecule has 2 heterocycles. The van der Waals surface area contributed by atoms with Crippen LogP contribution in [0.1, 0.15) is 50.3 Å². The number of nitriles is 2. The van der Waals surface area contributed by atoms with Crippen LogP contribution in [0.15, 0.2) is 49.6 Å². The minimum atomic E-state index is 0.00254. The summed E-state index contributed by atoms with van der Waals surface area (Å²) in [5.41, 5.74) is 3.52. The van der Waals surface area contributed by atoms with Crippen LogP contribution in [0.2, 0.25) is 0 Å². The quantitative estimate of drug-likeness (QED) is 0.488. The fourth-order valence-electron chi connectivity index (χ4n) is 3.77. The first kappa shape index (κ1) is 23.1. The SMILES string of the molecule is COc1c(C[n+]2ccn(CCC#N)c2)cc(C(C)(C)C)cc1C[n+]1ccn(CCC#N)c1. The molecule has 0 bridgehead atoms. The Kier molecular flexibility index (Phi) is 7.33. The number of hydrogen-bond donors (Lipinski definition) is 0. The van der Waals surface area contributed by atoms with E-state index in [1.165, 1.54) is 5.56 Å². The average Bonchev–Trinajstić information content (AvgIpc) is 3.39. The standard InChI is InChI=1S/C25H32N6O/c1-25(2,3)23-15-21(17-30-13-11-28(19-30)9-5-7-26)24(32-4)22(16-23)18-31-14-12-29(20-31)10-6-8-27/h11-16,19-20H,5-6,9-10,17-18H2,1-4H3/q+2. The summed E-state index contributed by atoms with van der Waals surface area (Å²) in [6.45, 7) is 9.42. The van der Waals surface area contributed by atoms with Gasteiger partial charge in [0.05, 0.1) is 32.1 Å².